The van der Waals surface area contributed by atoms with Crippen molar-refractivity contribution >= 4 is 0 Å². The van der Waals surface area contributed by atoms with Crippen molar-refractivity contribution in [3.63, 3.8) is 0 Å². The highest BCUT2D eigenvalue weighted by Crippen LogP contribution is 2.39. The molecule has 0 radical (unpaired) electrons. The summed E-state index contributed by atoms with van der Waals surface area (Å²) in [5.74, 6) is 1.97. The molecule has 0 bridgehead atoms. The Balaban J connectivity index is 2.54. The summed E-state index contributed by atoms with van der Waals surface area (Å²) in [6.45, 7) is 0. The molecule has 0 aliphatic rings. The largest absolute Gasteiger partial charge is 0.496 e. The highest BCUT2D eigenvalue weighted by atomic mass is 16.5. The van der Waals surface area contributed by atoms with Crippen LogP contribution >= 0.6 is 0 Å². The SMILES string of the molecule is COc1cc(OC)c(C(N)c2ccccc2)c(OC)c1. The Morgan fingerprint density at radius 3 is 1.85 bits per heavy atom. The third-order valence-corrected chi connectivity index (χ3v) is 3.22. The maximum atomic E-state index is 6.36. The third-order valence-electron chi connectivity index (χ3n) is 3.22. The molecule has 4 nitrogen and oxygen atoms in total. The zero-order chi connectivity index (χ0) is 14.5. The van der Waals surface area contributed by atoms with Gasteiger partial charge in [-0.15, -0.1) is 0 Å². The van der Waals surface area contributed by atoms with E-state index < -0.39 is 0 Å². The van der Waals surface area contributed by atoms with E-state index in [2.05, 4.69) is 0 Å². The fourth-order valence-corrected chi connectivity index (χ4v) is 2.17. The quantitative estimate of drug-likeness (QED) is 0.910. The topological polar surface area (TPSA) is 53.7 Å². The summed E-state index contributed by atoms with van der Waals surface area (Å²) in [6.07, 6.45) is 0. The van der Waals surface area contributed by atoms with Gasteiger partial charge in [0.25, 0.3) is 0 Å². The van der Waals surface area contributed by atoms with Gasteiger partial charge in [-0.05, 0) is 5.56 Å². The lowest BCUT2D eigenvalue weighted by atomic mass is 9.97. The molecule has 0 spiro atoms. The van der Waals surface area contributed by atoms with E-state index >= 15 is 0 Å². The smallest absolute Gasteiger partial charge is 0.131 e. The molecule has 0 aliphatic heterocycles. The number of benzene rings is 2. The van der Waals surface area contributed by atoms with Crippen LogP contribution in [0.5, 0.6) is 17.2 Å². The van der Waals surface area contributed by atoms with E-state index in [4.69, 9.17) is 19.9 Å². The van der Waals surface area contributed by atoms with Gasteiger partial charge in [0, 0.05) is 12.1 Å². The summed E-state index contributed by atoms with van der Waals surface area (Å²) in [4.78, 5) is 0. The molecule has 0 amide bonds. The van der Waals surface area contributed by atoms with Crippen LogP contribution in [0.2, 0.25) is 0 Å². The predicted octanol–water partition coefficient (Wildman–Crippen LogP) is 2.76. The monoisotopic (exact) mass is 273 g/mol. The molecule has 4 heteroatoms. The van der Waals surface area contributed by atoms with E-state index in [9.17, 15) is 0 Å². The van der Waals surface area contributed by atoms with Crippen LogP contribution in [0.4, 0.5) is 0 Å². The molecular weight excluding hydrogens is 254 g/mol. The number of ether oxygens (including phenoxy) is 3. The summed E-state index contributed by atoms with van der Waals surface area (Å²) in [5, 5.41) is 0. The molecule has 0 saturated heterocycles. The van der Waals surface area contributed by atoms with Crippen LogP contribution in [0.3, 0.4) is 0 Å². The van der Waals surface area contributed by atoms with E-state index in [0.717, 1.165) is 11.1 Å². The average Bonchev–Trinajstić information content (AvgIpc) is 2.53. The van der Waals surface area contributed by atoms with Crippen LogP contribution in [0.25, 0.3) is 0 Å². The summed E-state index contributed by atoms with van der Waals surface area (Å²) in [6, 6.07) is 13.1. The Bertz CT molecular complexity index is 544. The van der Waals surface area contributed by atoms with Crippen molar-refractivity contribution in [1.29, 1.82) is 0 Å². The predicted molar refractivity (Wildman–Crippen MR) is 78.6 cm³/mol. The summed E-state index contributed by atoms with van der Waals surface area (Å²) in [7, 11) is 4.82. The van der Waals surface area contributed by atoms with Gasteiger partial charge in [0.2, 0.25) is 0 Å². The third kappa shape index (κ3) is 2.70. The highest BCUT2D eigenvalue weighted by molar-refractivity contribution is 5.54. The van der Waals surface area contributed by atoms with E-state index in [1.165, 1.54) is 0 Å². The lowest BCUT2D eigenvalue weighted by molar-refractivity contribution is 0.366. The Hall–Kier alpha value is -2.20. The van der Waals surface area contributed by atoms with Gasteiger partial charge in [-0.25, -0.2) is 0 Å². The molecule has 0 fully saturated rings. The first-order valence-corrected chi connectivity index (χ1v) is 6.31. The van der Waals surface area contributed by atoms with Gasteiger partial charge >= 0.3 is 0 Å². The summed E-state index contributed by atoms with van der Waals surface area (Å²) >= 11 is 0. The van der Waals surface area contributed by atoms with E-state index in [0.29, 0.717) is 17.2 Å². The van der Waals surface area contributed by atoms with Crippen LogP contribution in [0.15, 0.2) is 42.5 Å². The highest BCUT2D eigenvalue weighted by Gasteiger charge is 2.20. The molecule has 1 atom stereocenters. The zero-order valence-electron chi connectivity index (χ0n) is 11.9. The van der Waals surface area contributed by atoms with Crippen molar-refractivity contribution in [2.24, 2.45) is 5.73 Å². The molecule has 106 valence electrons. The van der Waals surface area contributed by atoms with Crippen molar-refractivity contribution in [3.8, 4) is 17.2 Å². The number of nitrogens with two attached hydrogens (primary N) is 1. The summed E-state index contributed by atoms with van der Waals surface area (Å²) in [5.41, 5.74) is 8.16. The lowest BCUT2D eigenvalue weighted by Crippen LogP contribution is -2.14. The normalized spacial score (nSPS) is 11.8. The second-order valence-corrected chi connectivity index (χ2v) is 4.33. The van der Waals surface area contributed by atoms with Crippen molar-refractivity contribution in [1.82, 2.24) is 0 Å². The average molecular weight is 273 g/mol. The molecule has 20 heavy (non-hydrogen) atoms. The standard InChI is InChI=1S/C16H19NO3/c1-18-12-9-13(19-2)15(14(10-12)20-3)16(17)11-7-5-4-6-8-11/h4-10,16H,17H2,1-3H3. The van der Waals surface area contributed by atoms with Gasteiger partial charge in [0.1, 0.15) is 17.2 Å². The number of hydrogen-bond donors (Lipinski definition) is 1. The molecule has 2 N–H and O–H groups in total. The molecule has 0 aromatic heterocycles. The van der Waals surface area contributed by atoms with Gasteiger partial charge in [-0.3, -0.25) is 0 Å². The van der Waals surface area contributed by atoms with E-state index in [-0.39, 0.29) is 6.04 Å². The minimum Gasteiger partial charge on any atom is -0.496 e. The van der Waals surface area contributed by atoms with Gasteiger partial charge < -0.3 is 19.9 Å². The van der Waals surface area contributed by atoms with Crippen LogP contribution in [-0.2, 0) is 0 Å². The summed E-state index contributed by atoms with van der Waals surface area (Å²) < 4.78 is 16.1. The van der Waals surface area contributed by atoms with Crippen LogP contribution in [0.1, 0.15) is 17.2 Å². The zero-order valence-corrected chi connectivity index (χ0v) is 11.9. The minimum absolute atomic E-state index is 0.327. The van der Waals surface area contributed by atoms with Crippen LogP contribution in [0, 0.1) is 0 Å². The van der Waals surface area contributed by atoms with E-state index in [1.807, 2.05) is 30.3 Å². The van der Waals surface area contributed by atoms with Gasteiger partial charge in [-0.2, -0.15) is 0 Å². The Kier molecular flexibility index (Phi) is 4.48. The molecule has 2 aromatic rings. The van der Waals surface area contributed by atoms with Crippen molar-refractivity contribution in [3.05, 3.63) is 53.6 Å². The maximum absolute atomic E-state index is 6.36. The van der Waals surface area contributed by atoms with Gasteiger partial charge in [-0.1, -0.05) is 30.3 Å². The van der Waals surface area contributed by atoms with Crippen molar-refractivity contribution < 1.29 is 14.2 Å². The van der Waals surface area contributed by atoms with Crippen LogP contribution in [-0.4, -0.2) is 21.3 Å². The Morgan fingerprint density at radius 1 is 0.850 bits per heavy atom. The molecule has 0 saturated carbocycles. The second-order valence-electron chi connectivity index (χ2n) is 4.33. The first-order valence-electron chi connectivity index (χ1n) is 6.31. The van der Waals surface area contributed by atoms with Gasteiger partial charge in [0.15, 0.2) is 0 Å². The van der Waals surface area contributed by atoms with Crippen molar-refractivity contribution in [2.75, 3.05) is 21.3 Å². The molecular formula is C16H19NO3. The maximum Gasteiger partial charge on any atom is 0.131 e. The minimum atomic E-state index is -0.327. The van der Waals surface area contributed by atoms with Crippen LogP contribution < -0.4 is 19.9 Å². The lowest BCUT2D eigenvalue weighted by Gasteiger charge is -2.20. The molecule has 0 heterocycles. The Labute approximate surface area is 119 Å². The molecule has 0 aliphatic carbocycles. The number of methoxy groups -OCH3 is 3. The Morgan fingerprint density at radius 2 is 1.40 bits per heavy atom. The number of rotatable bonds is 5. The first kappa shape index (κ1) is 14.2. The fraction of sp³-hybridized carbons (Fsp3) is 0.250. The van der Waals surface area contributed by atoms with Gasteiger partial charge in [0.05, 0.1) is 32.9 Å². The molecule has 2 rings (SSSR count). The number of hydrogen-bond acceptors (Lipinski definition) is 4. The second kappa shape index (κ2) is 6.30. The molecule has 1 unspecified atom stereocenters. The molecule has 2 aromatic carbocycles. The van der Waals surface area contributed by atoms with Crippen molar-refractivity contribution in [2.45, 2.75) is 6.04 Å². The first-order chi connectivity index (χ1) is 9.71. The van der Waals surface area contributed by atoms with E-state index in [1.54, 1.807) is 33.5 Å². The fourth-order valence-electron chi connectivity index (χ4n) is 2.17.